The van der Waals surface area contributed by atoms with Gasteiger partial charge in [-0.1, -0.05) is 52.3 Å². The van der Waals surface area contributed by atoms with Gasteiger partial charge in [-0.05, 0) is 34.5 Å². The minimum Gasteiger partial charge on any atom is -0.467 e. The molecule has 0 fully saturated rings. The Morgan fingerprint density at radius 3 is 2.29 bits per heavy atom. The third-order valence-corrected chi connectivity index (χ3v) is 5.06. The first kappa shape index (κ1) is 19.9. The van der Waals surface area contributed by atoms with Crippen LogP contribution in [0.2, 0.25) is 0 Å². The zero-order valence-corrected chi connectivity index (χ0v) is 16.4. The number of nitrogens with one attached hydrogen (secondary N) is 1. The number of benzene rings is 3. The average molecular weight is 448 g/mol. The van der Waals surface area contributed by atoms with Crippen molar-refractivity contribution in [2.24, 2.45) is 0 Å². The molecule has 0 heterocycles. The van der Waals surface area contributed by atoms with Gasteiger partial charge in [-0.3, -0.25) is 4.79 Å². The van der Waals surface area contributed by atoms with Gasteiger partial charge in [-0.2, -0.15) is 0 Å². The van der Waals surface area contributed by atoms with Crippen molar-refractivity contribution in [1.82, 2.24) is 5.32 Å². The van der Waals surface area contributed by atoms with Crippen LogP contribution in [0, 0.1) is 11.6 Å². The summed E-state index contributed by atoms with van der Waals surface area (Å²) in [5.41, 5.74) is 0.0422. The van der Waals surface area contributed by atoms with Crippen LogP contribution in [0.4, 0.5) is 8.78 Å². The van der Waals surface area contributed by atoms with Gasteiger partial charge in [0.2, 0.25) is 0 Å². The molecule has 3 aromatic carbocycles. The van der Waals surface area contributed by atoms with E-state index >= 15 is 0 Å². The number of rotatable bonds is 5. The fourth-order valence-corrected chi connectivity index (χ4v) is 3.48. The Bertz CT molecular complexity index is 1030. The molecule has 144 valence electrons. The van der Waals surface area contributed by atoms with Crippen molar-refractivity contribution >= 4 is 38.6 Å². The number of hydrogen-bond donors (Lipinski definition) is 1. The molecular formula is C21H16BrF2NO3. The molecule has 1 N–H and O–H groups in total. The summed E-state index contributed by atoms with van der Waals surface area (Å²) in [4.78, 5) is 24.6. The number of halogens is 3. The molecular weight excluding hydrogens is 432 g/mol. The molecule has 0 aliphatic heterocycles. The predicted octanol–water partition coefficient (Wildman–Crippen LogP) is 4.39. The van der Waals surface area contributed by atoms with Gasteiger partial charge in [-0.15, -0.1) is 0 Å². The van der Waals surface area contributed by atoms with Crippen molar-refractivity contribution in [2.45, 2.75) is 12.5 Å². The van der Waals surface area contributed by atoms with E-state index in [1.807, 2.05) is 36.4 Å². The van der Waals surface area contributed by atoms with Gasteiger partial charge >= 0.3 is 5.97 Å². The summed E-state index contributed by atoms with van der Waals surface area (Å²) in [7, 11) is 1.19. The van der Waals surface area contributed by atoms with Crippen LogP contribution in [0.25, 0.3) is 10.8 Å². The Hall–Kier alpha value is -2.80. The minimum absolute atomic E-state index is 0.0995. The summed E-state index contributed by atoms with van der Waals surface area (Å²) in [6.07, 6.45) is 0.0995. The maximum absolute atomic E-state index is 13.9. The molecule has 0 radical (unpaired) electrons. The summed E-state index contributed by atoms with van der Waals surface area (Å²) < 4.78 is 33.4. The third-order valence-electron chi connectivity index (χ3n) is 4.37. The Kier molecular flexibility index (Phi) is 6.04. The molecule has 4 nitrogen and oxygen atoms in total. The van der Waals surface area contributed by atoms with Gasteiger partial charge in [-0.25, -0.2) is 13.6 Å². The molecule has 0 aliphatic carbocycles. The zero-order chi connectivity index (χ0) is 20.3. The van der Waals surface area contributed by atoms with Crippen molar-refractivity contribution in [3.63, 3.8) is 0 Å². The van der Waals surface area contributed by atoms with Crippen LogP contribution in [0.5, 0.6) is 0 Å². The molecule has 7 heteroatoms. The highest BCUT2D eigenvalue weighted by Crippen LogP contribution is 2.27. The lowest BCUT2D eigenvalue weighted by molar-refractivity contribution is -0.142. The third kappa shape index (κ3) is 4.04. The lowest BCUT2D eigenvalue weighted by Crippen LogP contribution is -2.43. The molecule has 1 amide bonds. The second-order valence-corrected chi connectivity index (χ2v) is 6.96. The standard InChI is InChI=1S/C21H16BrF2NO3/c1-28-21(27)18(25-20(26)19-16(23)7-4-8-17(19)24)11-12-9-10-15(22)14-6-3-2-5-13(12)14/h2-10,18H,11H2,1H3,(H,25,26)/t18-/m0/s1. The Morgan fingerprint density at radius 1 is 1.00 bits per heavy atom. The van der Waals surface area contributed by atoms with Crippen molar-refractivity contribution in [3.05, 3.63) is 81.8 Å². The van der Waals surface area contributed by atoms with Crippen LogP contribution in [0.3, 0.4) is 0 Å². The maximum atomic E-state index is 13.9. The first-order chi connectivity index (χ1) is 13.4. The normalized spacial score (nSPS) is 11.9. The number of hydrogen-bond acceptors (Lipinski definition) is 3. The van der Waals surface area contributed by atoms with Crippen molar-refractivity contribution in [3.8, 4) is 0 Å². The van der Waals surface area contributed by atoms with Crippen LogP contribution in [0.15, 0.2) is 59.1 Å². The van der Waals surface area contributed by atoms with Gasteiger partial charge in [0, 0.05) is 10.9 Å². The average Bonchev–Trinajstić information content (AvgIpc) is 2.69. The lowest BCUT2D eigenvalue weighted by Gasteiger charge is -2.18. The minimum atomic E-state index is -1.11. The second-order valence-electron chi connectivity index (χ2n) is 6.10. The predicted molar refractivity (Wildman–Crippen MR) is 105 cm³/mol. The Morgan fingerprint density at radius 2 is 1.64 bits per heavy atom. The smallest absolute Gasteiger partial charge is 0.328 e. The Balaban J connectivity index is 1.93. The molecule has 3 rings (SSSR count). The maximum Gasteiger partial charge on any atom is 0.328 e. The van der Waals surface area contributed by atoms with Crippen LogP contribution in [0.1, 0.15) is 15.9 Å². The first-order valence-corrected chi connectivity index (χ1v) is 9.20. The lowest BCUT2D eigenvalue weighted by atomic mass is 9.98. The number of methoxy groups -OCH3 is 1. The number of esters is 1. The van der Waals surface area contributed by atoms with E-state index in [0.717, 1.165) is 39.0 Å². The number of fused-ring (bicyclic) bond motifs is 1. The van der Waals surface area contributed by atoms with Crippen molar-refractivity contribution in [2.75, 3.05) is 7.11 Å². The highest BCUT2D eigenvalue weighted by Gasteiger charge is 2.26. The van der Waals surface area contributed by atoms with E-state index in [2.05, 4.69) is 21.2 Å². The highest BCUT2D eigenvalue weighted by molar-refractivity contribution is 9.10. The quantitative estimate of drug-likeness (QED) is 0.589. The number of carbonyl (C=O) groups excluding carboxylic acids is 2. The van der Waals surface area contributed by atoms with E-state index in [9.17, 15) is 18.4 Å². The number of ether oxygens (including phenoxy) is 1. The summed E-state index contributed by atoms with van der Waals surface area (Å²) in [6, 6.07) is 13.2. The van der Waals surface area contributed by atoms with Crippen LogP contribution < -0.4 is 5.32 Å². The van der Waals surface area contributed by atoms with Gasteiger partial charge in [0.1, 0.15) is 23.2 Å². The van der Waals surface area contributed by atoms with Crippen LogP contribution in [-0.2, 0) is 16.0 Å². The molecule has 1 atom stereocenters. The zero-order valence-electron chi connectivity index (χ0n) is 14.8. The number of amides is 1. The van der Waals surface area contributed by atoms with E-state index < -0.39 is 35.1 Å². The monoisotopic (exact) mass is 447 g/mol. The summed E-state index contributed by atoms with van der Waals surface area (Å²) in [5, 5.41) is 4.21. The molecule has 0 saturated heterocycles. The van der Waals surface area contributed by atoms with Crippen LogP contribution >= 0.6 is 15.9 Å². The van der Waals surface area contributed by atoms with Gasteiger partial charge < -0.3 is 10.1 Å². The van der Waals surface area contributed by atoms with E-state index in [0.29, 0.717) is 0 Å². The molecule has 0 aliphatic rings. The van der Waals surface area contributed by atoms with E-state index in [4.69, 9.17) is 4.74 Å². The molecule has 3 aromatic rings. The number of carbonyl (C=O) groups is 2. The molecule has 0 bridgehead atoms. The summed E-state index contributed by atoms with van der Waals surface area (Å²) >= 11 is 3.48. The molecule has 0 aromatic heterocycles. The largest absolute Gasteiger partial charge is 0.467 e. The fourth-order valence-electron chi connectivity index (χ4n) is 3.00. The first-order valence-electron chi connectivity index (χ1n) is 8.41. The Labute approximate surface area is 168 Å². The molecule has 0 unspecified atom stereocenters. The van der Waals surface area contributed by atoms with Crippen molar-refractivity contribution in [1.29, 1.82) is 0 Å². The summed E-state index contributed by atoms with van der Waals surface area (Å²) in [5.74, 6) is -3.74. The van der Waals surface area contributed by atoms with Crippen molar-refractivity contribution < 1.29 is 23.1 Å². The summed E-state index contributed by atoms with van der Waals surface area (Å²) in [6.45, 7) is 0. The van der Waals surface area contributed by atoms with Crippen LogP contribution in [-0.4, -0.2) is 25.0 Å². The van der Waals surface area contributed by atoms with E-state index in [-0.39, 0.29) is 6.42 Å². The van der Waals surface area contributed by atoms with Gasteiger partial charge in [0.25, 0.3) is 5.91 Å². The molecule has 0 saturated carbocycles. The van der Waals surface area contributed by atoms with E-state index in [1.54, 1.807) is 0 Å². The van der Waals surface area contributed by atoms with Gasteiger partial charge in [0.05, 0.1) is 7.11 Å². The molecule has 28 heavy (non-hydrogen) atoms. The topological polar surface area (TPSA) is 55.4 Å². The highest BCUT2D eigenvalue weighted by atomic mass is 79.9. The van der Waals surface area contributed by atoms with Gasteiger partial charge in [0.15, 0.2) is 0 Å². The molecule has 0 spiro atoms. The van der Waals surface area contributed by atoms with E-state index in [1.165, 1.54) is 7.11 Å². The second kappa shape index (κ2) is 8.48. The SMILES string of the molecule is COC(=O)[C@H](Cc1ccc(Br)c2ccccc12)NC(=O)c1c(F)cccc1F. The fraction of sp³-hybridized carbons (Fsp3) is 0.143.